The quantitative estimate of drug-likeness (QED) is 0.942. The van der Waals surface area contributed by atoms with E-state index in [1.807, 2.05) is 5.38 Å². The Balaban J connectivity index is 1.74. The van der Waals surface area contributed by atoms with Crippen LogP contribution in [0.3, 0.4) is 0 Å². The molecule has 0 radical (unpaired) electrons. The van der Waals surface area contributed by atoms with E-state index in [9.17, 15) is 4.79 Å². The van der Waals surface area contributed by atoms with Crippen LogP contribution in [-0.4, -0.2) is 20.7 Å². The highest BCUT2D eigenvalue weighted by molar-refractivity contribution is 7.10. The van der Waals surface area contributed by atoms with E-state index in [1.165, 1.54) is 23.3 Å². The maximum Gasteiger partial charge on any atom is 0.259 e. The molecule has 0 saturated heterocycles. The molecule has 5 nitrogen and oxygen atoms in total. The number of aryl methyl sites for hydroxylation is 2. The van der Waals surface area contributed by atoms with Gasteiger partial charge in [0.05, 0.1) is 5.56 Å². The number of carbonyl (C=O) groups excluding carboxylic acids is 1. The van der Waals surface area contributed by atoms with Crippen molar-refractivity contribution in [3.05, 3.63) is 27.7 Å². The van der Waals surface area contributed by atoms with Crippen molar-refractivity contribution in [2.45, 2.75) is 45.6 Å². The van der Waals surface area contributed by atoms with E-state index in [0.29, 0.717) is 5.95 Å². The number of rotatable bonds is 4. The maximum absolute atomic E-state index is 12.3. The number of amides is 1. The first-order valence-electron chi connectivity index (χ1n) is 7.08. The summed E-state index contributed by atoms with van der Waals surface area (Å²) in [5.74, 6) is 0.304. The summed E-state index contributed by atoms with van der Waals surface area (Å²) < 4.78 is 1.75. The van der Waals surface area contributed by atoms with Crippen molar-refractivity contribution in [1.82, 2.24) is 14.8 Å². The minimum Gasteiger partial charge on any atom is -0.289 e. The number of aromatic nitrogens is 3. The van der Waals surface area contributed by atoms with Gasteiger partial charge < -0.3 is 0 Å². The fourth-order valence-electron chi connectivity index (χ4n) is 2.54. The van der Waals surface area contributed by atoms with E-state index in [0.717, 1.165) is 31.4 Å². The van der Waals surface area contributed by atoms with Crippen LogP contribution >= 0.6 is 11.3 Å². The lowest BCUT2D eigenvalue weighted by Gasteiger charge is -2.12. The highest BCUT2D eigenvalue weighted by Gasteiger charge is 2.20. The Labute approximate surface area is 122 Å². The Hall–Kier alpha value is -1.69. The molecule has 1 aliphatic rings. The predicted octanol–water partition coefficient (Wildman–Crippen LogP) is 2.88. The number of hydrogen-bond donors (Lipinski definition) is 1. The highest BCUT2D eigenvalue weighted by Crippen LogP contribution is 2.30. The number of thiophene rings is 1. The molecule has 1 N–H and O–H groups in total. The van der Waals surface area contributed by atoms with Crippen LogP contribution in [-0.2, 0) is 19.4 Å². The Morgan fingerprint density at radius 1 is 1.45 bits per heavy atom. The van der Waals surface area contributed by atoms with Crippen LogP contribution in [0.25, 0.3) is 0 Å². The Morgan fingerprint density at radius 2 is 2.30 bits per heavy atom. The Bertz CT molecular complexity index is 616. The predicted molar refractivity (Wildman–Crippen MR) is 79.2 cm³/mol. The topological polar surface area (TPSA) is 59.8 Å². The normalized spacial score (nSPS) is 14.1. The van der Waals surface area contributed by atoms with E-state index in [-0.39, 0.29) is 5.91 Å². The molecule has 106 valence electrons. The standard InChI is InChI=1S/C14H18N4OS/c1-2-7-18-9-15-14(17-18)16-13(19)11-8-20-12-6-4-3-5-10(11)12/h8-9H,2-7H2,1H3,(H,16,17,19). The Morgan fingerprint density at radius 3 is 3.15 bits per heavy atom. The van der Waals surface area contributed by atoms with Gasteiger partial charge in [0.2, 0.25) is 5.95 Å². The van der Waals surface area contributed by atoms with Crippen molar-refractivity contribution in [2.75, 3.05) is 5.32 Å². The lowest BCUT2D eigenvalue weighted by atomic mass is 9.96. The van der Waals surface area contributed by atoms with Crippen LogP contribution in [0.1, 0.15) is 47.0 Å². The minimum absolute atomic E-state index is 0.0846. The van der Waals surface area contributed by atoms with E-state index in [1.54, 1.807) is 22.3 Å². The average Bonchev–Trinajstić information content (AvgIpc) is 3.06. The third kappa shape index (κ3) is 2.60. The average molecular weight is 290 g/mol. The summed E-state index contributed by atoms with van der Waals surface area (Å²) in [6.45, 7) is 2.90. The van der Waals surface area contributed by atoms with Crippen molar-refractivity contribution >= 4 is 23.2 Å². The molecule has 0 bridgehead atoms. The van der Waals surface area contributed by atoms with Gasteiger partial charge in [0.25, 0.3) is 5.91 Å². The first kappa shape index (κ1) is 13.3. The van der Waals surface area contributed by atoms with E-state index in [2.05, 4.69) is 22.3 Å². The molecular formula is C14H18N4OS. The molecule has 0 aliphatic heterocycles. The molecule has 0 saturated carbocycles. The van der Waals surface area contributed by atoms with Crippen LogP contribution in [0.15, 0.2) is 11.7 Å². The van der Waals surface area contributed by atoms with Gasteiger partial charge in [-0.25, -0.2) is 4.98 Å². The maximum atomic E-state index is 12.3. The summed E-state index contributed by atoms with van der Waals surface area (Å²) in [7, 11) is 0. The number of nitrogens with one attached hydrogen (secondary N) is 1. The van der Waals surface area contributed by atoms with Crippen molar-refractivity contribution in [1.29, 1.82) is 0 Å². The van der Waals surface area contributed by atoms with Crippen LogP contribution in [0.2, 0.25) is 0 Å². The van der Waals surface area contributed by atoms with E-state index in [4.69, 9.17) is 0 Å². The number of fused-ring (bicyclic) bond motifs is 1. The molecule has 2 aromatic heterocycles. The first-order valence-corrected chi connectivity index (χ1v) is 7.96. The fraction of sp³-hybridized carbons (Fsp3) is 0.500. The van der Waals surface area contributed by atoms with Gasteiger partial charge in [-0.15, -0.1) is 16.4 Å². The van der Waals surface area contributed by atoms with Gasteiger partial charge in [-0.3, -0.25) is 14.8 Å². The van der Waals surface area contributed by atoms with Gasteiger partial charge in [-0.2, -0.15) is 0 Å². The third-order valence-corrected chi connectivity index (χ3v) is 4.61. The summed E-state index contributed by atoms with van der Waals surface area (Å²) in [5, 5.41) is 9.00. The molecule has 1 amide bonds. The van der Waals surface area contributed by atoms with Crippen LogP contribution < -0.4 is 5.32 Å². The zero-order valence-corrected chi connectivity index (χ0v) is 12.4. The number of carbonyl (C=O) groups is 1. The Kier molecular flexibility index (Phi) is 3.82. The van der Waals surface area contributed by atoms with Crippen molar-refractivity contribution < 1.29 is 4.79 Å². The van der Waals surface area contributed by atoms with Gasteiger partial charge in [0.1, 0.15) is 6.33 Å². The molecule has 2 aromatic rings. The molecule has 1 aliphatic carbocycles. The summed E-state index contributed by atoms with van der Waals surface area (Å²) in [4.78, 5) is 17.8. The van der Waals surface area contributed by atoms with Crippen LogP contribution in [0, 0.1) is 0 Å². The molecule has 20 heavy (non-hydrogen) atoms. The molecule has 0 spiro atoms. The molecule has 0 atom stereocenters. The number of hydrogen-bond acceptors (Lipinski definition) is 4. The lowest BCUT2D eigenvalue weighted by molar-refractivity contribution is 0.102. The first-order chi connectivity index (χ1) is 9.78. The molecule has 0 unspecified atom stereocenters. The zero-order valence-electron chi connectivity index (χ0n) is 11.6. The molecular weight excluding hydrogens is 272 g/mol. The second kappa shape index (κ2) is 5.75. The lowest BCUT2D eigenvalue weighted by Crippen LogP contribution is -2.15. The van der Waals surface area contributed by atoms with E-state index >= 15 is 0 Å². The molecule has 6 heteroatoms. The molecule has 3 rings (SSSR count). The third-order valence-electron chi connectivity index (χ3n) is 3.52. The highest BCUT2D eigenvalue weighted by atomic mass is 32.1. The summed E-state index contributed by atoms with van der Waals surface area (Å²) >= 11 is 1.70. The smallest absolute Gasteiger partial charge is 0.259 e. The van der Waals surface area contributed by atoms with Gasteiger partial charge in [0.15, 0.2) is 0 Å². The van der Waals surface area contributed by atoms with Crippen LogP contribution in [0.4, 0.5) is 5.95 Å². The second-order valence-corrected chi connectivity index (χ2v) is 6.01. The monoisotopic (exact) mass is 290 g/mol. The minimum atomic E-state index is -0.0846. The molecule has 0 fully saturated rings. The van der Waals surface area contributed by atoms with Crippen molar-refractivity contribution in [3.8, 4) is 0 Å². The van der Waals surface area contributed by atoms with Gasteiger partial charge in [0, 0.05) is 16.8 Å². The molecule has 2 heterocycles. The van der Waals surface area contributed by atoms with E-state index < -0.39 is 0 Å². The number of nitrogens with zero attached hydrogens (tertiary/aromatic N) is 3. The fourth-order valence-corrected chi connectivity index (χ4v) is 3.67. The summed E-state index contributed by atoms with van der Waals surface area (Å²) in [6, 6.07) is 0. The molecule has 0 aromatic carbocycles. The van der Waals surface area contributed by atoms with Gasteiger partial charge in [-0.1, -0.05) is 6.92 Å². The largest absolute Gasteiger partial charge is 0.289 e. The van der Waals surface area contributed by atoms with Crippen LogP contribution in [0.5, 0.6) is 0 Å². The van der Waals surface area contributed by atoms with Gasteiger partial charge in [-0.05, 0) is 37.7 Å². The van der Waals surface area contributed by atoms with Gasteiger partial charge >= 0.3 is 0 Å². The SMILES string of the molecule is CCCn1cnc(NC(=O)c2csc3c2CCCC3)n1. The number of anilines is 1. The second-order valence-electron chi connectivity index (χ2n) is 5.04. The summed E-state index contributed by atoms with van der Waals surface area (Å²) in [6.07, 6.45) is 7.18. The summed E-state index contributed by atoms with van der Waals surface area (Å²) in [5.41, 5.74) is 2.03. The zero-order chi connectivity index (χ0) is 13.9. The van der Waals surface area contributed by atoms with Crippen molar-refractivity contribution in [3.63, 3.8) is 0 Å². The van der Waals surface area contributed by atoms with Crippen molar-refractivity contribution in [2.24, 2.45) is 0 Å².